The van der Waals surface area contributed by atoms with Gasteiger partial charge < -0.3 is 10.1 Å². The minimum absolute atomic E-state index is 0.0665. The maximum Gasteiger partial charge on any atom is 0.321 e. The maximum absolute atomic E-state index is 12.0. The lowest BCUT2D eigenvalue weighted by Crippen LogP contribution is -2.41. The lowest BCUT2D eigenvalue weighted by atomic mass is 10.1. The molecular formula is C11H19N3O4S. The van der Waals surface area contributed by atoms with Crippen LogP contribution in [0.25, 0.3) is 0 Å². The Labute approximate surface area is 112 Å². The van der Waals surface area contributed by atoms with Crippen molar-refractivity contribution in [1.82, 2.24) is 14.7 Å². The zero-order valence-corrected chi connectivity index (χ0v) is 12.0. The average molecular weight is 289 g/mol. The van der Waals surface area contributed by atoms with Crippen molar-refractivity contribution in [2.24, 2.45) is 5.92 Å². The number of carbonyl (C=O) groups is 1. The molecule has 0 aliphatic carbocycles. The number of hydrogen-bond donors (Lipinski definition) is 3. The van der Waals surface area contributed by atoms with Crippen LogP contribution in [0.3, 0.4) is 0 Å². The van der Waals surface area contributed by atoms with E-state index in [-0.39, 0.29) is 17.4 Å². The van der Waals surface area contributed by atoms with Gasteiger partial charge in [0.15, 0.2) is 5.03 Å². The van der Waals surface area contributed by atoms with Gasteiger partial charge in [-0.1, -0.05) is 20.8 Å². The second-order valence-corrected chi connectivity index (χ2v) is 6.37. The van der Waals surface area contributed by atoms with Gasteiger partial charge in [-0.15, -0.1) is 0 Å². The number of carboxylic acids is 1. The van der Waals surface area contributed by atoms with E-state index in [0.29, 0.717) is 12.2 Å². The van der Waals surface area contributed by atoms with Gasteiger partial charge in [0.05, 0.1) is 6.20 Å². The Kier molecular flexibility index (Phi) is 5.07. The van der Waals surface area contributed by atoms with E-state index in [4.69, 9.17) is 5.11 Å². The minimum Gasteiger partial charge on any atom is -0.480 e. The van der Waals surface area contributed by atoms with Gasteiger partial charge in [-0.3, -0.25) is 4.79 Å². The van der Waals surface area contributed by atoms with Crippen molar-refractivity contribution in [3.63, 3.8) is 0 Å². The maximum atomic E-state index is 12.0. The molecule has 0 spiro atoms. The fourth-order valence-corrected chi connectivity index (χ4v) is 2.72. The molecule has 8 heteroatoms. The molecule has 1 aromatic rings. The predicted octanol–water partition coefficient (Wildman–Crippen LogP) is 0.750. The molecule has 0 radical (unpaired) electrons. The van der Waals surface area contributed by atoms with Crippen molar-refractivity contribution >= 4 is 16.0 Å². The van der Waals surface area contributed by atoms with E-state index in [9.17, 15) is 13.2 Å². The van der Waals surface area contributed by atoms with Gasteiger partial charge in [-0.2, -0.15) is 4.72 Å². The van der Waals surface area contributed by atoms with Gasteiger partial charge in [0.25, 0.3) is 10.0 Å². The van der Waals surface area contributed by atoms with Crippen LogP contribution in [0.1, 0.15) is 33.0 Å². The van der Waals surface area contributed by atoms with Crippen molar-refractivity contribution in [3.05, 3.63) is 12.0 Å². The highest BCUT2D eigenvalue weighted by Gasteiger charge is 2.27. The van der Waals surface area contributed by atoms with E-state index in [1.807, 2.05) is 20.8 Å². The third kappa shape index (κ3) is 4.32. The largest absolute Gasteiger partial charge is 0.480 e. The smallest absolute Gasteiger partial charge is 0.321 e. The number of aliphatic carboxylic acids is 1. The molecule has 19 heavy (non-hydrogen) atoms. The lowest BCUT2D eigenvalue weighted by molar-refractivity contribution is -0.139. The van der Waals surface area contributed by atoms with Gasteiger partial charge in [-0.25, -0.2) is 13.4 Å². The van der Waals surface area contributed by atoms with Crippen LogP contribution in [0.15, 0.2) is 11.2 Å². The molecule has 1 aromatic heterocycles. The summed E-state index contributed by atoms with van der Waals surface area (Å²) in [4.78, 5) is 17.6. The van der Waals surface area contributed by atoms with Crippen LogP contribution >= 0.6 is 0 Å². The van der Waals surface area contributed by atoms with Crippen LogP contribution in [0.2, 0.25) is 0 Å². The molecule has 0 aliphatic heterocycles. The summed E-state index contributed by atoms with van der Waals surface area (Å²) in [6.07, 6.45) is 1.99. The molecule has 1 unspecified atom stereocenters. The number of nitrogens with zero attached hydrogens (tertiary/aromatic N) is 1. The number of imidazole rings is 1. The van der Waals surface area contributed by atoms with Gasteiger partial charge >= 0.3 is 5.97 Å². The lowest BCUT2D eigenvalue weighted by Gasteiger charge is -2.15. The second kappa shape index (κ2) is 6.16. The van der Waals surface area contributed by atoms with Crippen LogP contribution in [0.4, 0.5) is 0 Å². The molecular weight excluding hydrogens is 270 g/mol. The number of H-pyrrole nitrogens is 1. The Morgan fingerprint density at radius 2 is 2.16 bits per heavy atom. The number of sulfonamides is 1. The molecule has 1 heterocycles. The van der Waals surface area contributed by atoms with Gasteiger partial charge in [0.2, 0.25) is 0 Å². The Balaban J connectivity index is 2.90. The molecule has 1 atom stereocenters. The predicted molar refractivity (Wildman–Crippen MR) is 69.2 cm³/mol. The number of aryl methyl sites for hydroxylation is 1. The molecule has 0 amide bonds. The average Bonchev–Trinajstić information content (AvgIpc) is 2.76. The van der Waals surface area contributed by atoms with E-state index in [1.165, 1.54) is 6.20 Å². The molecule has 0 bridgehead atoms. The fraction of sp³-hybridized carbons (Fsp3) is 0.636. The van der Waals surface area contributed by atoms with Crippen molar-refractivity contribution in [2.45, 2.75) is 44.7 Å². The van der Waals surface area contributed by atoms with Crippen LogP contribution in [0.5, 0.6) is 0 Å². The Bertz CT molecular complexity index is 536. The number of carboxylic acid groups (broad SMARTS) is 1. The van der Waals surface area contributed by atoms with Crippen molar-refractivity contribution in [3.8, 4) is 0 Å². The van der Waals surface area contributed by atoms with Crippen LogP contribution in [-0.4, -0.2) is 35.5 Å². The van der Waals surface area contributed by atoms with Crippen molar-refractivity contribution in [2.75, 3.05) is 0 Å². The first-order chi connectivity index (χ1) is 8.76. The quantitative estimate of drug-likeness (QED) is 0.685. The first-order valence-electron chi connectivity index (χ1n) is 6.05. The van der Waals surface area contributed by atoms with E-state index in [2.05, 4.69) is 14.7 Å². The number of aromatic amines is 1. The van der Waals surface area contributed by atoms with E-state index >= 15 is 0 Å². The standard InChI is InChI=1S/C11H19N3O4S/c1-4-9-12-6-10(13-9)19(17,18)14-8(11(15)16)5-7(2)3/h6-8,14H,4-5H2,1-3H3,(H,12,13)(H,15,16). The molecule has 0 aromatic carbocycles. The SMILES string of the molecule is CCc1ncc(S(=O)(=O)NC(CC(C)C)C(=O)O)[nH]1. The van der Waals surface area contributed by atoms with Gasteiger partial charge in [0, 0.05) is 6.42 Å². The molecule has 0 fully saturated rings. The molecule has 108 valence electrons. The number of nitrogens with one attached hydrogen (secondary N) is 2. The first-order valence-corrected chi connectivity index (χ1v) is 7.53. The minimum atomic E-state index is -3.89. The molecule has 7 nitrogen and oxygen atoms in total. The van der Waals surface area contributed by atoms with Crippen LogP contribution in [-0.2, 0) is 21.2 Å². The van der Waals surface area contributed by atoms with Gasteiger partial charge in [-0.05, 0) is 12.3 Å². The third-order valence-electron chi connectivity index (χ3n) is 2.53. The summed E-state index contributed by atoms with van der Waals surface area (Å²) in [5.74, 6) is -0.583. The summed E-state index contributed by atoms with van der Waals surface area (Å²) in [5, 5.41) is 8.92. The summed E-state index contributed by atoms with van der Waals surface area (Å²) < 4.78 is 26.2. The summed E-state index contributed by atoms with van der Waals surface area (Å²) in [6, 6.07) is -1.14. The number of rotatable bonds is 7. The summed E-state index contributed by atoms with van der Waals surface area (Å²) in [7, 11) is -3.89. The zero-order chi connectivity index (χ0) is 14.6. The summed E-state index contributed by atoms with van der Waals surface area (Å²) in [5.41, 5.74) is 0. The monoisotopic (exact) mass is 289 g/mol. The zero-order valence-electron chi connectivity index (χ0n) is 11.2. The Morgan fingerprint density at radius 3 is 2.58 bits per heavy atom. The number of hydrogen-bond acceptors (Lipinski definition) is 4. The molecule has 0 aliphatic rings. The second-order valence-electron chi connectivity index (χ2n) is 4.69. The summed E-state index contributed by atoms with van der Waals surface area (Å²) in [6.45, 7) is 5.49. The molecule has 1 rings (SSSR count). The van der Waals surface area contributed by atoms with Crippen LogP contribution in [0, 0.1) is 5.92 Å². The Morgan fingerprint density at radius 1 is 1.53 bits per heavy atom. The third-order valence-corrected chi connectivity index (χ3v) is 3.91. The fourth-order valence-electron chi connectivity index (χ4n) is 1.58. The number of aromatic nitrogens is 2. The molecule has 3 N–H and O–H groups in total. The normalized spacial score (nSPS) is 13.7. The van der Waals surface area contributed by atoms with Crippen molar-refractivity contribution in [1.29, 1.82) is 0 Å². The van der Waals surface area contributed by atoms with E-state index in [1.54, 1.807) is 0 Å². The van der Waals surface area contributed by atoms with E-state index in [0.717, 1.165) is 0 Å². The topological polar surface area (TPSA) is 112 Å². The van der Waals surface area contributed by atoms with E-state index < -0.39 is 22.0 Å². The highest BCUT2D eigenvalue weighted by Crippen LogP contribution is 2.11. The summed E-state index contributed by atoms with van der Waals surface area (Å²) >= 11 is 0. The van der Waals surface area contributed by atoms with Gasteiger partial charge in [0.1, 0.15) is 11.9 Å². The van der Waals surface area contributed by atoms with Crippen molar-refractivity contribution < 1.29 is 18.3 Å². The molecule has 0 saturated heterocycles. The highest BCUT2D eigenvalue weighted by molar-refractivity contribution is 7.89. The molecule has 0 saturated carbocycles. The Hall–Kier alpha value is -1.41. The first kappa shape index (κ1) is 15.6. The highest BCUT2D eigenvalue weighted by atomic mass is 32.2. The van der Waals surface area contributed by atoms with Crippen LogP contribution < -0.4 is 4.72 Å².